The van der Waals surface area contributed by atoms with Gasteiger partial charge in [0.25, 0.3) is 5.91 Å². The number of nitrogens with zero attached hydrogens (tertiary/aromatic N) is 4. The van der Waals surface area contributed by atoms with E-state index in [0.717, 1.165) is 41.3 Å². The topological polar surface area (TPSA) is 72.1 Å². The monoisotopic (exact) mass is 444 g/mol. The minimum absolute atomic E-state index is 0.0108. The molecular formula is C25H24N4O2S. The van der Waals surface area contributed by atoms with Crippen LogP contribution in [0.15, 0.2) is 64.8 Å². The van der Waals surface area contributed by atoms with E-state index in [2.05, 4.69) is 27.1 Å². The molecule has 0 radical (unpaired) electrons. The first-order valence-corrected chi connectivity index (χ1v) is 11.7. The largest absolute Gasteiger partial charge is 0.443 e. The van der Waals surface area contributed by atoms with Crippen LogP contribution in [0.4, 0.5) is 0 Å². The average molecular weight is 445 g/mol. The molecule has 1 aromatic carbocycles. The minimum Gasteiger partial charge on any atom is -0.443 e. The summed E-state index contributed by atoms with van der Waals surface area (Å²) in [6.45, 7) is 2.65. The van der Waals surface area contributed by atoms with Gasteiger partial charge in [-0.2, -0.15) is 0 Å². The summed E-state index contributed by atoms with van der Waals surface area (Å²) in [5, 5.41) is 0. The van der Waals surface area contributed by atoms with E-state index in [4.69, 9.17) is 4.42 Å². The molecule has 1 aliphatic rings. The van der Waals surface area contributed by atoms with Gasteiger partial charge in [-0.3, -0.25) is 9.78 Å². The van der Waals surface area contributed by atoms with Crippen molar-refractivity contribution in [3.63, 3.8) is 0 Å². The van der Waals surface area contributed by atoms with Gasteiger partial charge in [0.1, 0.15) is 11.8 Å². The lowest BCUT2D eigenvalue weighted by Crippen LogP contribution is -2.38. The highest BCUT2D eigenvalue weighted by molar-refractivity contribution is 7.13. The van der Waals surface area contributed by atoms with Crippen LogP contribution in [0.5, 0.6) is 0 Å². The number of carbonyl (C=O) groups is 1. The third kappa shape index (κ3) is 4.21. The zero-order chi connectivity index (χ0) is 21.9. The van der Waals surface area contributed by atoms with Crippen LogP contribution in [0.3, 0.4) is 0 Å². The summed E-state index contributed by atoms with van der Waals surface area (Å²) in [7, 11) is 0. The van der Waals surface area contributed by atoms with Crippen molar-refractivity contribution in [2.75, 3.05) is 6.54 Å². The second kappa shape index (κ2) is 9.04. The Kier molecular flexibility index (Phi) is 5.81. The number of aryl methyl sites for hydroxylation is 1. The van der Waals surface area contributed by atoms with Gasteiger partial charge in [-0.1, -0.05) is 30.3 Å². The summed E-state index contributed by atoms with van der Waals surface area (Å²) in [5.41, 5.74) is 5.32. The van der Waals surface area contributed by atoms with Gasteiger partial charge >= 0.3 is 0 Å². The molecule has 1 amide bonds. The number of carbonyl (C=O) groups excluding carboxylic acids is 1. The van der Waals surface area contributed by atoms with Gasteiger partial charge in [-0.15, -0.1) is 11.3 Å². The van der Waals surface area contributed by atoms with Crippen molar-refractivity contribution in [2.45, 2.75) is 38.6 Å². The summed E-state index contributed by atoms with van der Waals surface area (Å²) in [6, 6.07) is 13.7. The average Bonchev–Trinajstić information content (AvgIpc) is 3.48. The Morgan fingerprint density at radius 2 is 2.03 bits per heavy atom. The van der Waals surface area contributed by atoms with Crippen LogP contribution in [0.2, 0.25) is 0 Å². The van der Waals surface area contributed by atoms with Crippen LogP contribution >= 0.6 is 11.3 Å². The third-order valence-electron chi connectivity index (χ3n) is 5.83. The Morgan fingerprint density at radius 1 is 1.16 bits per heavy atom. The molecule has 0 saturated carbocycles. The quantitative estimate of drug-likeness (QED) is 0.409. The van der Waals surface area contributed by atoms with Crippen molar-refractivity contribution in [1.29, 1.82) is 0 Å². The summed E-state index contributed by atoms with van der Waals surface area (Å²) in [4.78, 5) is 29.7. The maximum atomic E-state index is 13.5. The number of hydrogen-bond acceptors (Lipinski definition) is 6. The van der Waals surface area contributed by atoms with E-state index in [1.807, 2.05) is 36.1 Å². The molecule has 6 nitrogen and oxygen atoms in total. The number of rotatable bonds is 5. The molecule has 3 aromatic heterocycles. The molecule has 1 atom stereocenters. The van der Waals surface area contributed by atoms with E-state index in [1.165, 1.54) is 16.9 Å². The molecule has 5 rings (SSSR count). The van der Waals surface area contributed by atoms with Crippen LogP contribution in [-0.4, -0.2) is 32.3 Å². The first-order valence-electron chi connectivity index (χ1n) is 10.8. The second-order valence-electron chi connectivity index (χ2n) is 8.03. The first kappa shape index (κ1) is 20.6. The van der Waals surface area contributed by atoms with Crippen LogP contribution in [-0.2, 0) is 6.42 Å². The van der Waals surface area contributed by atoms with Crippen molar-refractivity contribution in [1.82, 2.24) is 19.9 Å². The fraction of sp³-hybridized carbons (Fsp3) is 0.280. The highest BCUT2D eigenvalue weighted by Gasteiger charge is 2.32. The number of oxazole rings is 1. The number of benzene rings is 1. The Bertz CT molecular complexity index is 1220. The molecule has 7 heteroatoms. The van der Waals surface area contributed by atoms with Gasteiger partial charge in [0.05, 0.1) is 28.0 Å². The molecule has 0 unspecified atom stereocenters. The summed E-state index contributed by atoms with van der Waals surface area (Å²) < 4.78 is 6.12. The second-order valence-corrected chi connectivity index (χ2v) is 8.89. The van der Waals surface area contributed by atoms with E-state index < -0.39 is 0 Å². The van der Waals surface area contributed by atoms with Crippen LogP contribution < -0.4 is 0 Å². The normalized spacial score (nSPS) is 16.3. The lowest BCUT2D eigenvalue weighted by atomic mass is 10.0. The van der Waals surface area contributed by atoms with Gasteiger partial charge in [0.2, 0.25) is 5.89 Å². The maximum Gasteiger partial charge on any atom is 0.254 e. The highest BCUT2D eigenvalue weighted by Crippen LogP contribution is 2.33. The summed E-state index contributed by atoms with van der Waals surface area (Å²) in [5.74, 6) is 1.43. The summed E-state index contributed by atoms with van der Waals surface area (Å²) in [6.07, 6.45) is 7.05. The first-order chi connectivity index (χ1) is 15.7. The van der Waals surface area contributed by atoms with E-state index in [0.29, 0.717) is 24.4 Å². The summed E-state index contributed by atoms with van der Waals surface area (Å²) >= 11 is 1.54. The Morgan fingerprint density at radius 3 is 2.84 bits per heavy atom. The SMILES string of the molecule is Cc1ncsc1-c1cc(C(=O)N2CCCC[C@@H]2c2ncc(Cc3ccccc3)o2)ccn1. The van der Waals surface area contributed by atoms with Crippen LogP contribution in [0, 0.1) is 6.92 Å². The molecule has 0 bridgehead atoms. The van der Waals surface area contributed by atoms with Gasteiger partial charge in [-0.25, -0.2) is 9.97 Å². The zero-order valence-corrected chi connectivity index (χ0v) is 18.7. The van der Waals surface area contributed by atoms with E-state index in [1.54, 1.807) is 24.0 Å². The van der Waals surface area contributed by atoms with Crippen molar-refractivity contribution in [3.8, 4) is 10.6 Å². The third-order valence-corrected chi connectivity index (χ3v) is 6.78. The maximum absolute atomic E-state index is 13.5. The molecule has 32 heavy (non-hydrogen) atoms. The Labute approximate surface area is 191 Å². The molecule has 0 spiro atoms. The predicted octanol–water partition coefficient (Wildman–Crippen LogP) is 5.46. The fourth-order valence-electron chi connectivity index (χ4n) is 4.19. The molecule has 1 saturated heterocycles. The molecule has 1 fully saturated rings. The minimum atomic E-state index is -0.150. The Balaban J connectivity index is 1.38. The lowest BCUT2D eigenvalue weighted by Gasteiger charge is -2.33. The molecule has 1 aliphatic heterocycles. The fourth-order valence-corrected chi connectivity index (χ4v) is 4.96. The van der Waals surface area contributed by atoms with E-state index in [-0.39, 0.29) is 11.9 Å². The number of thiazole rings is 1. The van der Waals surface area contributed by atoms with Crippen LogP contribution in [0.1, 0.15) is 58.6 Å². The smallest absolute Gasteiger partial charge is 0.254 e. The standard InChI is InChI=1S/C25H24N4O2S/c1-17-23(32-16-28-17)21-14-19(10-11-26-21)25(30)29-12-6-5-9-22(29)24-27-15-20(31-24)13-18-7-3-2-4-8-18/h2-4,7-8,10-11,14-16,22H,5-6,9,12-13H2,1H3/t22-/m1/s1. The number of aromatic nitrogens is 3. The van der Waals surface area contributed by atoms with Crippen molar-refractivity contribution >= 4 is 17.2 Å². The van der Waals surface area contributed by atoms with Gasteiger partial charge < -0.3 is 9.32 Å². The van der Waals surface area contributed by atoms with Crippen molar-refractivity contribution in [2.24, 2.45) is 0 Å². The number of hydrogen-bond donors (Lipinski definition) is 0. The number of likely N-dealkylation sites (tertiary alicyclic amines) is 1. The van der Waals surface area contributed by atoms with E-state index >= 15 is 0 Å². The van der Waals surface area contributed by atoms with E-state index in [9.17, 15) is 4.79 Å². The number of piperidine rings is 1. The predicted molar refractivity (Wildman–Crippen MR) is 123 cm³/mol. The number of pyridine rings is 1. The van der Waals surface area contributed by atoms with Gasteiger partial charge in [0.15, 0.2) is 0 Å². The zero-order valence-electron chi connectivity index (χ0n) is 17.9. The van der Waals surface area contributed by atoms with Gasteiger partial charge in [0, 0.05) is 24.7 Å². The molecule has 4 aromatic rings. The highest BCUT2D eigenvalue weighted by atomic mass is 32.1. The van der Waals surface area contributed by atoms with Crippen LogP contribution in [0.25, 0.3) is 10.6 Å². The molecular weight excluding hydrogens is 420 g/mol. The van der Waals surface area contributed by atoms with Gasteiger partial charge in [-0.05, 0) is 43.9 Å². The Hall–Kier alpha value is -3.32. The molecule has 0 aliphatic carbocycles. The van der Waals surface area contributed by atoms with Crippen molar-refractivity contribution < 1.29 is 9.21 Å². The van der Waals surface area contributed by atoms with Crippen molar-refractivity contribution in [3.05, 3.63) is 88.8 Å². The molecule has 162 valence electrons. The lowest BCUT2D eigenvalue weighted by molar-refractivity contribution is 0.0570. The number of amides is 1. The molecule has 4 heterocycles. The molecule has 0 N–H and O–H groups in total.